The maximum absolute atomic E-state index is 10.5. The van der Waals surface area contributed by atoms with Crippen LogP contribution in [0, 0.1) is 20.9 Å². The number of nitrogens with zero attached hydrogens (tertiary/aromatic N) is 3. The van der Waals surface area contributed by atoms with Crippen molar-refractivity contribution in [3.8, 4) is 0 Å². The monoisotopic (exact) mass is 236 g/mol. The van der Waals surface area contributed by atoms with E-state index < -0.39 is 4.92 Å². The van der Waals surface area contributed by atoms with E-state index in [-0.39, 0.29) is 22.6 Å². The average Bonchev–Trinajstić information content (AvgIpc) is 2.62. The van der Waals surface area contributed by atoms with E-state index >= 15 is 0 Å². The Morgan fingerprint density at radius 3 is 2.06 bits per heavy atom. The third-order valence-electron chi connectivity index (χ3n) is 4.14. The van der Waals surface area contributed by atoms with Crippen LogP contribution >= 0.6 is 0 Å². The molecule has 0 bridgehead atoms. The summed E-state index contributed by atoms with van der Waals surface area (Å²) in [6.45, 7) is 8.71. The van der Waals surface area contributed by atoms with E-state index in [0.29, 0.717) is 5.95 Å². The van der Waals surface area contributed by atoms with Gasteiger partial charge in [-0.2, -0.15) is 0 Å². The second-order valence-corrected chi connectivity index (χ2v) is 5.54. The van der Waals surface area contributed by atoms with Gasteiger partial charge in [-0.3, -0.25) is 10.1 Å². The SMILES string of the molecule is CC1(C)C(Nc2ncc([N+](=O)[O-])cn2)C1(C)C. The number of hydrogen-bond donors (Lipinski definition) is 1. The van der Waals surface area contributed by atoms with Gasteiger partial charge in [-0.1, -0.05) is 27.7 Å². The zero-order chi connectivity index (χ0) is 12.8. The van der Waals surface area contributed by atoms with E-state index in [1.54, 1.807) is 0 Å². The van der Waals surface area contributed by atoms with E-state index in [1.165, 1.54) is 12.4 Å². The van der Waals surface area contributed by atoms with Crippen LogP contribution in [0.4, 0.5) is 11.6 Å². The minimum atomic E-state index is -0.505. The molecule has 0 saturated heterocycles. The molecule has 0 radical (unpaired) electrons. The van der Waals surface area contributed by atoms with Crippen molar-refractivity contribution in [1.82, 2.24) is 9.97 Å². The maximum Gasteiger partial charge on any atom is 0.305 e. The normalized spacial score (nSPS) is 20.9. The zero-order valence-corrected chi connectivity index (χ0v) is 10.4. The first-order valence-electron chi connectivity index (χ1n) is 5.50. The minimum absolute atomic E-state index is 0.0927. The number of aromatic nitrogens is 2. The molecule has 1 N–H and O–H groups in total. The highest BCUT2D eigenvalue weighted by Gasteiger charge is 2.65. The number of hydrogen-bond acceptors (Lipinski definition) is 5. The van der Waals surface area contributed by atoms with Crippen LogP contribution in [0.1, 0.15) is 27.7 Å². The van der Waals surface area contributed by atoms with Gasteiger partial charge in [-0.05, 0) is 10.8 Å². The van der Waals surface area contributed by atoms with Crippen molar-refractivity contribution in [1.29, 1.82) is 0 Å². The predicted molar refractivity (Wildman–Crippen MR) is 63.7 cm³/mol. The Kier molecular flexibility index (Phi) is 2.34. The Hall–Kier alpha value is -1.72. The van der Waals surface area contributed by atoms with Crippen LogP contribution in [0.3, 0.4) is 0 Å². The van der Waals surface area contributed by atoms with E-state index in [1.807, 2.05) is 0 Å². The first-order chi connectivity index (χ1) is 7.76. The van der Waals surface area contributed by atoms with Crippen molar-refractivity contribution >= 4 is 11.6 Å². The standard InChI is InChI=1S/C11H16N4O2/c1-10(2)8(11(10,3)4)14-9-12-5-7(6-13-9)15(16)17/h5-6,8H,1-4H3,(H,12,13,14). The molecule has 1 aliphatic carbocycles. The van der Waals surface area contributed by atoms with E-state index in [0.717, 1.165) is 0 Å². The van der Waals surface area contributed by atoms with Gasteiger partial charge in [0.15, 0.2) is 0 Å². The van der Waals surface area contributed by atoms with Gasteiger partial charge in [0.1, 0.15) is 12.4 Å². The number of rotatable bonds is 3. The summed E-state index contributed by atoms with van der Waals surface area (Å²) >= 11 is 0. The summed E-state index contributed by atoms with van der Waals surface area (Å²) < 4.78 is 0. The van der Waals surface area contributed by atoms with Crippen molar-refractivity contribution in [2.45, 2.75) is 33.7 Å². The molecule has 6 nitrogen and oxygen atoms in total. The fourth-order valence-corrected chi connectivity index (χ4v) is 2.18. The van der Waals surface area contributed by atoms with E-state index in [2.05, 4.69) is 43.0 Å². The summed E-state index contributed by atoms with van der Waals surface area (Å²) in [5.74, 6) is 0.444. The lowest BCUT2D eigenvalue weighted by Gasteiger charge is -2.05. The zero-order valence-electron chi connectivity index (χ0n) is 10.4. The number of nitro groups is 1. The Bertz CT molecular complexity index is 439. The molecule has 92 valence electrons. The van der Waals surface area contributed by atoms with E-state index in [4.69, 9.17) is 0 Å². The number of nitrogens with one attached hydrogen (secondary N) is 1. The molecule has 6 heteroatoms. The maximum atomic E-state index is 10.5. The molecule has 0 atom stereocenters. The van der Waals surface area contributed by atoms with Crippen LogP contribution in [0.5, 0.6) is 0 Å². The van der Waals surface area contributed by atoms with Gasteiger partial charge in [0, 0.05) is 6.04 Å². The lowest BCUT2D eigenvalue weighted by atomic mass is 10.0. The second kappa shape index (κ2) is 3.38. The van der Waals surface area contributed by atoms with Crippen LogP contribution in [0.25, 0.3) is 0 Å². The van der Waals surface area contributed by atoms with Crippen LogP contribution in [-0.2, 0) is 0 Å². The molecule has 1 aromatic heterocycles. The lowest BCUT2D eigenvalue weighted by Crippen LogP contribution is -2.12. The first kappa shape index (κ1) is 11.8. The molecule has 1 aromatic rings. The topological polar surface area (TPSA) is 81.0 Å². The van der Waals surface area contributed by atoms with Crippen LogP contribution < -0.4 is 5.32 Å². The Morgan fingerprint density at radius 1 is 1.24 bits per heavy atom. The highest BCUT2D eigenvalue weighted by Crippen LogP contribution is 2.63. The highest BCUT2D eigenvalue weighted by molar-refractivity contribution is 5.38. The predicted octanol–water partition coefficient (Wildman–Crippen LogP) is 2.23. The lowest BCUT2D eigenvalue weighted by molar-refractivity contribution is -0.385. The van der Waals surface area contributed by atoms with Gasteiger partial charge in [0.05, 0.1) is 4.92 Å². The van der Waals surface area contributed by atoms with E-state index in [9.17, 15) is 10.1 Å². The molecular formula is C11H16N4O2. The Balaban J connectivity index is 2.09. The summed E-state index contributed by atoms with van der Waals surface area (Å²) in [4.78, 5) is 17.8. The van der Waals surface area contributed by atoms with Crippen LogP contribution in [0.2, 0.25) is 0 Å². The fraction of sp³-hybridized carbons (Fsp3) is 0.636. The Morgan fingerprint density at radius 2 is 1.71 bits per heavy atom. The summed E-state index contributed by atoms with van der Waals surface area (Å²) in [5, 5.41) is 13.7. The van der Waals surface area contributed by atoms with Crippen LogP contribution in [-0.4, -0.2) is 20.9 Å². The minimum Gasteiger partial charge on any atom is -0.350 e. The molecule has 0 amide bonds. The van der Waals surface area contributed by atoms with Gasteiger partial charge < -0.3 is 5.32 Å². The molecule has 1 fully saturated rings. The molecule has 0 unspecified atom stereocenters. The fourth-order valence-electron chi connectivity index (χ4n) is 2.18. The molecule has 0 aliphatic heterocycles. The summed E-state index contributed by atoms with van der Waals surface area (Å²) in [6, 6.07) is 0.288. The van der Waals surface area contributed by atoms with Crippen molar-refractivity contribution in [2.75, 3.05) is 5.32 Å². The number of anilines is 1. The largest absolute Gasteiger partial charge is 0.350 e. The molecular weight excluding hydrogens is 220 g/mol. The molecule has 2 rings (SSSR count). The molecule has 0 spiro atoms. The smallest absolute Gasteiger partial charge is 0.305 e. The third-order valence-corrected chi connectivity index (χ3v) is 4.14. The van der Waals surface area contributed by atoms with Gasteiger partial charge in [0.2, 0.25) is 5.95 Å². The first-order valence-corrected chi connectivity index (χ1v) is 5.50. The average molecular weight is 236 g/mol. The molecule has 1 heterocycles. The molecule has 17 heavy (non-hydrogen) atoms. The third kappa shape index (κ3) is 1.73. The van der Waals surface area contributed by atoms with Crippen LogP contribution in [0.15, 0.2) is 12.4 Å². The Labute approximate surface area is 99.6 Å². The van der Waals surface area contributed by atoms with Gasteiger partial charge >= 0.3 is 5.69 Å². The quantitative estimate of drug-likeness (QED) is 0.643. The van der Waals surface area contributed by atoms with Crippen molar-refractivity contribution in [3.63, 3.8) is 0 Å². The van der Waals surface area contributed by atoms with Gasteiger partial charge in [-0.25, -0.2) is 9.97 Å². The van der Waals surface area contributed by atoms with Crippen molar-refractivity contribution in [3.05, 3.63) is 22.5 Å². The van der Waals surface area contributed by atoms with Gasteiger partial charge in [0.25, 0.3) is 0 Å². The molecule has 0 aromatic carbocycles. The summed E-state index contributed by atoms with van der Waals surface area (Å²) in [6.07, 6.45) is 2.44. The van der Waals surface area contributed by atoms with Crippen molar-refractivity contribution in [2.24, 2.45) is 10.8 Å². The summed E-state index contributed by atoms with van der Waals surface area (Å²) in [7, 11) is 0. The summed E-state index contributed by atoms with van der Waals surface area (Å²) in [5.41, 5.74) is 0.265. The molecule has 1 saturated carbocycles. The molecule has 1 aliphatic rings. The van der Waals surface area contributed by atoms with Gasteiger partial charge in [-0.15, -0.1) is 0 Å². The second-order valence-electron chi connectivity index (χ2n) is 5.54. The highest BCUT2D eigenvalue weighted by atomic mass is 16.6. The van der Waals surface area contributed by atoms with Crippen molar-refractivity contribution < 1.29 is 4.92 Å².